The number of benzene rings is 1. The molecule has 1 N–H and O–H groups in total. The number of amides is 1. The van der Waals surface area contributed by atoms with Gasteiger partial charge in [0.2, 0.25) is 5.91 Å². The van der Waals surface area contributed by atoms with Gasteiger partial charge in [0, 0.05) is 23.9 Å². The molecule has 1 aromatic rings. The summed E-state index contributed by atoms with van der Waals surface area (Å²) in [6.45, 7) is 4.11. The number of esters is 1. The lowest BCUT2D eigenvalue weighted by Gasteiger charge is -2.43. The van der Waals surface area contributed by atoms with E-state index in [1.165, 1.54) is 18.2 Å². The number of carbonyl (C=O) groups excluding carboxylic acids is 2. The maximum absolute atomic E-state index is 12.9. The number of ether oxygens (including phenoxy) is 2. The molecule has 8 nitrogen and oxygen atoms in total. The molecule has 1 spiro atoms. The van der Waals surface area contributed by atoms with Crippen LogP contribution in [0.1, 0.15) is 33.1 Å². The fourth-order valence-electron chi connectivity index (χ4n) is 3.75. The zero-order valence-corrected chi connectivity index (χ0v) is 15.2. The van der Waals surface area contributed by atoms with Crippen molar-refractivity contribution in [2.24, 2.45) is 5.92 Å². The standard InChI is InChI=1S/C17H19ClN2O6/c1-16(2)9-17(5-6-25-16)11(8-14(21)26-17)15(22)19-12-4-3-10(18)7-13(12)20(23)24/h3-4,7,11H,5-6,8-9H2,1-2H3,(H,19,22)/t11-,17-/m1/s1. The number of nitro groups is 1. The number of nitro benzene ring substituents is 1. The zero-order valence-electron chi connectivity index (χ0n) is 14.4. The molecule has 2 fully saturated rings. The number of nitrogens with one attached hydrogen (secondary N) is 1. The van der Waals surface area contributed by atoms with Gasteiger partial charge in [-0.05, 0) is 26.0 Å². The Morgan fingerprint density at radius 3 is 2.81 bits per heavy atom. The van der Waals surface area contributed by atoms with Crippen molar-refractivity contribution in [3.8, 4) is 0 Å². The Balaban J connectivity index is 1.87. The molecule has 140 valence electrons. The van der Waals surface area contributed by atoms with Crippen molar-refractivity contribution in [3.63, 3.8) is 0 Å². The van der Waals surface area contributed by atoms with Crippen LogP contribution < -0.4 is 5.32 Å². The molecule has 2 atom stereocenters. The van der Waals surface area contributed by atoms with Crippen LogP contribution in [0.3, 0.4) is 0 Å². The molecule has 1 aromatic carbocycles. The highest BCUT2D eigenvalue weighted by Gasteiger charge is 2.56. The zero-order chi connectivity index (χ0) is 19.1. The van der Waals surface area contributed by atoms with E-state index in [1.807, 2.05) is 13.8 Å². The molecule has 0 aliphatic carbocycles. The van der Waals surface area contributed by atoms with Gasteiger partial charge < -0.3 is 14.8 Å². The van der Waals surface area contributed by atoms with Gasteiger partial charge in [-0.2, -0.15) is 0 Å². The minimum Gasteiger partial charge on any atom is -0.458 e. The summed E-state index contributed by atoms with van der Waals surface area (Å²) in [6, 6.07) is 3.99. The molecule has 0 aromatic heterocycles. The lowest BCUT2D eigenvalue weighted by atomic mass is 9.75. The van der Waals surface area contributed by atoms with Crippen LogP contribution >= 0.6 is 11.6 Å². The minimum atomic E-state index is -0.954. The van der Waals surface area contributed by atoms with Gasteiger partial charge in [-0.3, -0.25) is 19.7 Å². The Labute approximate surface area is 154 Å². The van der Waals surface area contributed by atoms with Crippen LogP contribution in [0, 0.1) is 16.0 Å². The van der Waals surface area contributed by atoms with Crippen LogP contribution in [0.15, 0.2) is 18.2 Å². The molecule has 0 unspecified atom stereocenters. The SMILES string of the molecule is CC1(C)C[C@@]2(CCO1)OC(=O)C[C@@H]2C(=O)Nc1ccc(Cl)cc1[N+](=O)[O-]. The second-order valence-corrected chi connectivity index (χ2v) is 7.67. The molecular formula is C17H19ClN2O6. The molecule has 0 radical (unpaired) electrons. The van der Waals surface area contributed by atoms with E-state index in [9.17, 15) is 19.7 Å². The summed E-state index contributed by atoms with van der Waals surface area (Å²) in [5, 5.41) is 14.0. The lowest BCUT2D eigenvalue weighted by molar-refractivity contribution is -0.383. The number of anilines is 1. The second-order valence-electron chi connectivity index (χ2n) is 7.24. The molecule has 26 heavy (non-hydrogen) atoms. The van der Waals surface area contributed by atoms with Crippen molar-refractivity contribution in [1.29, 1.82) is 0 Å². The van der Waals surface area contributed by atoms with Crippen molar-refractivity contribution in [1.82, 2.24) is 0 Å². The maximum Gasteiger partial charge on any atom is 0.307 e. The van der Waals surface area contributed by atoms with Gasteiger partial charge >= 0.3 is 5.97 Å². The van der Waals surface area contributed by atoms with Crippen LogP contribution in [0.25, 0.3) is 0 Å². The maximum atomic E-state index is 12.9. The van der Waals surface area contributed by atoms with E-state index in [1.54, 1.807) is 0 Å². The average molecular weight is 383 g/mol. The normalized spacial score (nSPS) is 27.2. The summed E-state index contributed by atoms with van der Waals surface area (Å²) < 4.78 is 11.2. The molecule has 2 aliphatic rings. The Bertz CT molecular complexity index is 781. The van der Waals surface area contributed by atoms with Crippen molar-refractivity contribution in [2.45, 2.75) is 44.3 Å². The third-order valence-corrected chi connectivity index (χ3v) is 5.03. The first-order valence-electron chi connectivity index (χ1n) is 8.22. The van der Waals surface area contributed by atoms with Gasteiger partial charge in [-0.1, -0.05) is 11.6 Å². The summed E-state index contributed by atoms with van der Waals surface area (Å²) in [5.74, 6) is -1.68. The third-order valence-electron chi connectivity index (χ3n) is 4.80. The number of rotatable bonds is 3. The Morgan fingerprint density at radius 2 is 2.15 bits per heavy atom. The number of nitrogens with zero attached hydrogens (tertiary/aromatic N) is 1. The van der Waals surface area contributed by atoms with Crippen molar-refractivity contribution in [3.05, 3.63) is 33.3 Å². The Kier molecular flexibility index (Phi) is 4.66. The smallest absolute Gasteiger partial charge is 0.307 e. The van der Waals surface area contributed by atoms with Gasteiger partial charge in [0.25, 0.3) is 5.69 Å². The predicted octanol–water partition coefficient (Wildman–Crippen LogP) is 3.08. The van der Waals surface area contributed by atoms with E-state index in [-0.39, 0.29) is 22.8 Å². The van der Waals surface area contributed by atoms with E-state index >= 15 is 0 Å². The second kappa shape index (κ2) is 6.51. The topological polar surface area (TPSA) is 108 Å². The van der Waals surface area contributed by atoms with Crippen LogP contribution in [0.5, 0.6) is 0 Å². The van der Waals surface area contributed by atoms with Crippen molar-refractivity contribution < 1.29 is 24.0 Å². The van der Waals surface area contributed by atoms with Gasteiger partial charge in [0.15, 0.2) is 0 Å². The number of halogens is 1. The predicted molar refractivity (Wildman–Crippen MR) is 92.9 cm³/mol. The Hall–Kier alpha value is -2.19. The largest absolute Gasteiger partial charge is 0.458 e. The number of carbonyl (C=O) groups is 2. The van der Waals surface area contributed by atoms with Gasteiger partial charge in [0.1, 0.15) is 11.3 Å². The van der Waals surface area contributed by atoms with E-state index in [2.05, 4.69) is 5.32 Å². The first kappa shape index (κ1) is 18.6. The van der Waals surface area contributed by atoms with Crippen LogP contribution in [0.2, 0.25) is 5.02 Å². The highest BCUT2D eigenvalue weighted by atomic mass is 35.5. The average Bonchev–Trinajstić information content (AvgIpc) is 2.83. The van der Waals surface area contributed by atoms with Crippen LogP contribution in [-0.4, -0.2) is 34.6 Å². The quantitative estimate of drug-likeness (QED) is 0.489. The van der Waals surface area contributed by atoms with Crippen molar-refractivity contribution >= 4 is 34.9 Å². The fraction of sp³-hybridized carbons (Fsp3) is 0.529. The summed E-state index contributed by atoms with van der Waals surface area (Å²) in [4.78, 5) is 35.4. The van der Waals surface area contributed by atoms with E-state index in [0.717, 1.165) is 0 Å². The molecule has 3 rings (SSSR count). The Morgan fingerprint density at radius 1 is 1.42 bits per heavy atom. The van der Waals surface area contributed by atoms with Gasteiger partial charge in [0.05, 0.1) is 29.5 Å². The molecule has 9 heteroatoms. The highest BCUT2D eigenvalue weighted by Crippen LogP contribution is 2.46. The van der Waals surface area contributed by atoms with Gasteiger partial charge in [-0.25, -0.2) is 0 Å². The molecular weight excluding hydrogens is 364 g/mol. The van der Waals surface area contributed by atoms with Crippen LogP contribution in [0.4, 0.5) is 11.4 Å². The summed E-state index contributed by atoms with van der Waals surface area (Å²) in [6.07, 6.45) is 0.721. The van der Waals surface area contributed by atoms with Crippen LogP contribution in [-0.2, 0) is 19.1 Å². The minimum absolute atomic E-state index is 0.0326. The molecule has 0 saturated carbocycles. The number of hydrogen-bond donors (Lipinski definition) is 1. The van der Waals surface area contributed by atoms with E-state index in [0.29, 0.717) is 19.4 Å². The number of hydrogen-bond acceptors (Lipinski definition) is 6. The van der Waals surface area contributed by atoms with Crippen molar-refractivity contribution in [2.75, 3.05) is 11.9 Å². The molecule has 1 amide bonds. The van der Waals surface area contributed by atoms with E-state index < -0.39 is 33.9 Å². The fourth-order valence-corrected chi connectivity index (χ4v) is 3.92. The molecule has 2 saturated heterocycles. The lowest BCUT2D eigenvalue weighted by Crippen LogP contribution is -2.52. The molecule has 2 heterocycles. The first-order valence-corrected chi connectivity index (χ1v) is 8.60. The first-order chi connectivity index (χ1) is 12.1. The van der Waals surface area contributed by atoms with Gasteiger partial charge in [-0.15, -0.1) is 0 Å². The molecule has 2 aliphatic heterocycles. The third kappa shape index (κ3) is 3.52. The molecule has 0 bridgehead atoms. The highest BCUT2D eigenvalue weighted by molar-refractivity contribution is 6.31. The summed E-state index contributed by atoms with van der Waals surface area (Å²) >= 11 is 5.80. The summed E-state index contributed by atoms with van der Waals surface area (Å²) in [7, 11) is 0. The monoisotopic (exact) mass is 382 g/mol. The van der Waals surface area contributed by atoms with E-state index in [4.69, 9.17) is 21.1 Å². The summed E-state index contributed by atoms with van der Waals surface area (Å²) in [5.41, 5.74) is -1.76.